The third-order valence-corrected chi connectivity index (χ3v) is 4.78. The minimum atomic E-state index is -0.991. The van der Waals surface area contributed by atoms with Gasteiger partial charge in [0.15, 0.2) is 0 Å². The predicted molar refractivity (Wildman–Crippen MR) is 103 cm³/mol. The van der Waals surface area contributed by atoms with Crippen LogP contribution in [0.4, 0.5) is 4.79 Å². The van der Waals surface area contributed by atoms with Crippen molar-refractivity contribution >= 4 is 12.0 Å². The summed E-state index contributed by atoms with van der Waals surface area (Å²) in [7, 11) is 0. The van der Waals surface area contributed by atoms with Crippen LogP contribution in [0.5, 0.6) is 0 Å². The molecule has 0 spiro atoms. The van der Waals surface area contributed by atoms with Gasteiger partial charge in [-0.25, -0.2) is 4.79 Å². The summed E-state index contributed by atoms with van der Waals surface area (Å²) in [6.07, 6.45) is 1.49. The summed E-state index contributed by atoms with van der Waals surface area (Å²) >= 11 is 0. The van der Waals surface area contributed by atoms with Crippen molar-refractivity contribution < 1.29 is 19.8 Å². The zero-order chi connectivity index (χ0) is 20.0. The Hall–Kier alpha value is -2.12. The third kappa shape index (κ3) is 6.84. The number of carboxylic acid groups (broad SMARTS) is 1. The van der Waals surface area contributed by atoms with E-state index in [1.807, 2.05) is 42.2 Å². The highest BCUT2D eigenvalue weighted by atomic mass is 16.4. The Morgan fingerprint density at radius 3 is 2.37 bits per heavy atom. The first kappa shape index (κ1) is 21.2. The van der Waals surface area contributed by atoms with Gasteiger partial charge in [0.2, 0.25) is 0 Å². The summed E-state index contributed by atoms with van der Waals surface area (Å²) in [6.45, 7) is 6.67. The number of urea groups is 1. The highest BCUT2D eigenvalue weighted by Crippen LogP contribution is 2.26. The van der Waals surface area contributed by atoms with Gasteiger partial charge in [-0.1, -0.05) is 37.3 Å². The van der Waals surface area contributed by atoms with E-state index < -0.39 is 11.6 Å². The first-order valence-corrected chi connectivity index (χ1v) is 9.45. The molecular weight excluding hydrogens is 346 g/mol. The van der Waals surface area contributed by atoms with Gasteiger partial charge in [-0.05, 0) is 38.8 Å². The van der Waals surface area contributed by atoms with Gasteiger partial charge < -0.3 is 20.4 Å². The molecule has 0 atom stereocenters. The maximum Gasteiger partial charge on any atom is 0.318 e. The Bertz CT molecular complexity index is 624. The molecule has 1 fully saturated rings. The first-order valence-electron chi connectivity index (χ1n) is 9.45. The predicted octanol–water partition coefficient (Wildman–Crippen LogP) is 1.91. The average Bonchev–Trinajstić information content (AvgIpc) is 2.54. The molecule has 0 aliphatic heterocycles. The standard InChI is InChI=1S/C20H31N3O4/c1-4-22(13-18(24)25)17-10-16(11-17)21-19(26)23(14-20(2,3)27)12-15-8-6-5-7-9-15/h5-9,16-17,27H,4,10-14H2,1-3H3,(H,21,26)(H,24,25). The Balaban J connectivity index is 1.91. The molecule has 2 rings (SSSR count). The number of aliphatic carboxylic acids is 1. The molecule has 1 aromatic rings. The molecule has 0 saturated heterocycles. The van der Waals surface area contributed by atoms with Crippen LogP contribution >= 0.6 is 0 Å². The molecule has 7 nitrogen and oxygen atoms in total. The zero-order valence-corrected chi connectivity index (χ0v) is 16.4. The summed E-state index contributed by atoms with van der Waals surface area (Å²) in [5.74, 6) is -0.830. The quantitative estimate of drug-likeness (QED) is 0.611. The van der Waals surface area contributed by atoms with Crippen LogP contribution < -0.4 is 5.32 Å². The fourth-order valence-electron chi connectivity index (χ4n) is 3.41. The second-order valence-electron chi connectivity index (χ2n) is 7.88. The molecule has 0 heterocycles. The zero-order valence-electron chi connectivity index (χ0n) is 16.4. The van der Waals surface area contributed by atoms with E-state index in [9.17, 15) is 14.7 Å². The lowest BCUT2D eigenvalue weighted by Gasteiger charge is -2.43. The summed E-state index contributed by atoms with van der Waals surface area (Å²) in [5.41, 5.74) is 0.0106. The van der Waals surface area contributed by atoms with Crippen LogP contribution in [0, 0.1) is 0 Å². The molecule has 0 aromatic heterocycles. The number of rotatable bonds is 9. The van der Waals surface area contributed by atoms with Crippen molar-refractivity contribution in [3.05, 3.63) is 35.9 Å². The number of carboxylic acids is 1. The lowest BCUT2D eigenvalue weighted by molar-refractivity contribution is -0.139. The number of carbonyl (C=O) groups excluding carboxylic acids is 1. The Morgan fingerprint density at radius 1 is 1.22 bits per heavy atom. The Kier molecular flexibility index (Phi) is 7.21. The number of amides is 2. The summed E-state index contributed by atoms with van der Waals surface area (Å²) in [5, 5.41) is 22.2. The highest BCUT2D eigenvalue weighted by molar-refractivity contribution is 5.75. The van der Waals surface area contributed by atoms with E-state index in [4.69, 9.17) is 5.11 Å². The summed E-state index contributed by atoms with van der Waals surface area (Å²) in [4.78, 5) is 27.2. The number of likely N-dealkylation sites (N-methyl/N-ethyl adjacent to an activating group) is 1. The second kappa shape index (κ2) is 9.19. The van der Waals surface area contributed by atoms with Crippen molar-refractivity contribution in [2.75, 3.05) is 19.6 Å². The topological polar surface area (TPSA) is 93.1 Å². The Labute approximate surface area is 161 Å². The van der Waals surface area contributed by atoms with E-state index in [0.717, 1.165) is 18.4 Å². The van der Waals surface area contributed by atoms with Crippen molar-refractivity contribution in [1.82, 2.24) is 15.1 Å². The molecule has 1 aliphatic carbocycles. The summed E-state index contributed by atoms with van der Waals surface area (Å²) in [6, 6.07) is 9.70. The second-order valence-corrected chi connectivity index (χ2v) is 7.88. The van der Waals surface area contributed by atoms with E-state index in [2.05, 4.69) is 5.32 Å². The molecule has 0 radical (unpaired) electrons. The van der Waals surface area contributed by atoms with E-state index in [0.29, 0.717) is 13.1 Å². The monoisotopic (exact) mass is 377 g/mol. The van der Waals surface area contributed by atoms with Crippen LogP contribution in [0.1, 0.15) is 39.2 Å². The van der Waals surface area contributed by atoms with Crippen molar-refractivity contribution in [1.29, 1.82) is 0 Å². The number of hydrogen-bond donors (Lipinski definition) is 3. The molecular formula is C20H31N3O4. The van der Waals surface area contributed by atoms with Crippen LogP contribution in [-0.2, 0) is 11.3 Å². The number of carbonyl (C=O) groups is 2. The van der Waals surface area contributed by atoms with Gasteiger partial charge in [0.1, 0.15) is 0 Å². The average molecular weight is 377 g/mol. The van der Waals surface area contributed by atoms with Gasteiger partial charge in [-0.15, -0.1) is 0 Å². The van der Waals surface area contributed by atoms with Crippen LogP contribution in [0.2, 0.25) is 0 Å². The number of nitrogens with zero attached hydrogens (tertiary/aromatic N) is 2. The number of hydrogen-bond acceptors (Lipinski definition) is 4. The van der Waals surface area contributed by atoms with E-state index in [1.54, 1.807) is 18.7 Å². The smallest absolute Gasteiger partial charge is 0.318 e. The van der Waals surface area contributed by atoms with Gasteiger partial charge in [-0.3, -0.25) is 9.69 Å². The molecule has 1 aliphatic rings. The molecule has 3 N–H and O–H groups in total. The van der Waals surface area contributed by atoms with Crippen molar-refractivity contribution in [2.45, 2.75) is 57.8 Å². The van der Waals surface area contributed by atoms with Crippen molar-refractivity contribution in [3.8, 4) is 0 Å². The van der Waals surface area contributed by atoms with E-state index >= 15 is 0 Å². The Morgan fingerprint density at radius 2 is 1.85 bits per heavy atom. The van der Waals surface area contributed by atoms with E-state index in [1.165, 1.54) is 0 Å². The van der Waals surface area contributed by atoms with Crippen LogP contribution in [0.25, 0.3) is 0 Å². The van der Waals surface area contributed by atoms with Gasteiger partial charge in [0.25, 0.3) is 0 Å². The van der Waals surface area contributed by atoms with Gasteiger partial charge in [-0.2, -0.15) is 0 Å². The lowest BCUT2D eigenvalue weighted by Crippen LogP contribution is -2.57. The number of nitrogens with one attached hydrogen (secondary N) is 1. The third-order valence-electron chi connectivity index (χ3n) is 4.78. The SMILES string of the molecule is CCN(CC(=O)O)C1CC(NC(=O)N(Cc2ccccc2)CC(C)(C)O)C1. The minimum Gasteiger partial charge on any atom is -0.480 e. The van der Waals surface area contributed by atoms with Gasteiger partial charge >= 0.3 is 12.0 Å². The van der Waals surface area contributed by atoms with Crippen LogP contribution in [0.15, 0.2) is 30.3 Å². The summed E-state index contributed by atoms with van der Waals surface area (Å²) < 4.78 is 0. The van der Waals surface area contributed by atoms with Crippen molar-refractivity contribution in [3.63, 3.8) is 0 Å². The maximum absolute atomic E-state index is 12.7. The number of aliphatic hydroxyl groups is 1. The molecule has 0 bridgehead atoms. The van der Waals surface area contributed by atoms with Gasteiger partial charge in [0, 0.05) is 18.6 Å². The molecule has 27 heavy (non-hydrogen) atoms. The van der Waals surface area contributed by atoms with Crippen LogP contribution in [-0.4, -0.2) is 69.3 Å². The first-order chi connectivity index (χ1) is 12.7. The maximum atomic E-state index is 12.7. The lowest BCUT2D eigenvalue weighted by atomic mass is 9.85. The highest BCUT2D eigenvalue weighted by Gasteiger charge is 2.35. The molecule has 1 saturated carbocycles. The molecule has 2 amide bonds. The largest absolute Gasteiger partial charge is 0.480 e. The van der Waals surface area contributed by atoms with Crippen LogP contribution in [0.3, 0.4) is 0 Å². The fourth-order valence-corrected chi connectivity index (χ4v) is 3.41. The molecule has 0 unspecified atom stereocenters. The molecule has 150 valence electrons. The van der Waals surface area contributed by atoms with E-state index in [-0.39, 0.29) is 31.2 Å². The fraction of sp³-hybridized carbons (Fsp3) is 0.600. The van der Waals surface area contributed by atoms with Crippen molar-refractivity contribution in [2.24, 2.45) is 0 Å². The molecule has 7 heteroatoms. The molecule has 1 aromatic carbocycles. The van der Waals surface area contributed by atoms with Gasteiger partial charge in [0.05, 0.1) is 18.7 Å². The minimum absolute atomic E-state index is 0.0284. The normalized spacial score (nSPS) is 19.4. The number of benzene rings is 1.